The Kier molecular flexibility index (Phi) is 4.82. The maximum absolute atomic E-state index is 13.3. The van der Waals surface area contributed by atoms with E-state index in [4.69, 9.17) is 5.11 Å². The molecule has 0 aromatic heterocycles. The Balaban J connectivity index is 2.99. The van der Waals surface area contributed by atoms with Gasteiger partial charge in [0, 0.05) is 12.6 Å². The Morgan fingerprint density at radius 2 is 1.89 bits per heavy atom. The molecule has 1 rings (SSSR count). The van der Waals surface area contributed by atoms with Crippen molar-refractivity contribution in [2.45, 2.75) is 6.18 Å². The SMILES string of the molecule is O=C(c1ccc(F)cc1F)N(CCO)CC(F)(F)F. The van der Waals surface area contributed by atoms with E-state index >= 15 is 0 Å². The zero-order chi connectivity index (χ0) is 14.6. The smallest absolute Gasteiger partial charge is 0.395 e. The van der Waals surface area contributed by atoms with Crippen molar-refractivity contribution in [1.29, 1.82) is 0 Å². The number of rotatable bonds is 4. The maximum atomic E-state index is 13.3. The second-order valence-corrected chi connectivity index (χ2v) is 3.69. The molecule has 19 heavy (non-hydrogen) atoms. The van der Waals surface area contributed by atoms with Crippen LogP contribution in [0.5, 0.6) is 0 Å². The molecule has 0 unspecified atom stereocenters. The zero-order valence-corrected chi connectivity index (χ0v) is 9.55. The monoisotopic (exact) mass is 283 g/mol. The number of carbonyl (C=O) groups is 1. The van der Waals surface area contributed by atoms with Gasteiger partial charge in [-0.1, -0.05) is 0 Å². The van der Waals surface area contributed by atoms with Crippen molar-refractivity contribution >= 4 is 5.91 Å². The van der Waals surface area contributed by atoms with Gasteiger partial charge in [-0.05, 0) is 12.1 Å². The second kappa shape index (κ2) is 5.96. The molecule has 106 valence electrons. The number of aliphatic hydroxyl groups is 1. The lowest BCUT2D eigenvalue weighted by Gasteiger charge is -2.23. The molecular weight excluding hydrogens is 273 g/mol. The summed E-state index contributed by atoms with van der Waals surface area (Å²) in [6.45, 7) is -2.93. The van der Waals surface area contributed by atoms with Crippen molar-refractivity contribution in [3.63, 3.8) is 0 Å². The summed E-state index contributed by atoms with van der Waals surface area (Å²) in [5.41, 5.74) is -0.681. The van der Waals surface area contributed by atoms with Crippen LogP contribution in [0.1, 0.15) is 10.4 Å². The van der Waals surface area contributed by atoms with Gasteiger partial charge in [0.05, 0.1) is 12.2 Å². The summed E-state index contributed by atoms with van der Waals surface area (Å²) in [5.74, 6) is -3.46. The molecule has 0 bridgehead atoms. The quantitative estimate of drug-likeness (QED) is 0.858. The number of halogens is 5. The normalized spacial score (nSPS) is 11.5. The van der Waals surface area contributed by atoms with Gasteiger partial charge in [-0.25, -0.2) is 8.78 Å². The fraction of sp³-hybridized carbons (Fsp3) is 0.364. The number of hydrogen-bond acceptors (Lipinski definition) is 2. The van der Waals surface area contributed by atoms with Crippen LogP contribution in [-0.4, -0.2) is 41.8 Å². The van der Waals surface area contributed by atoms with Crippen molar-refractivity contribution in [1.82, 2.24) is 4.90 Å². The molecule has 0 spiro atoms. The molecule has 0 radical (unpaired) electrons. The summed E-state index contributed by atoms with van der Waals surface area (Å²) >= 11 is 0. The first-order valence-corrected chi connectivity index (χ1v) is 5.16. The van der Waals surface area contributed by atoms with Gasteiger partial charge in [0.25, 0.3) is 5.91 Å². The highest BCUT2D eigenvalue weighted by molar-refractivity contribution is 5.94. The molecule has 0 fully saturated rings. The average molecular weight is 283 g/mol. The van der Waals surface area contributed by atoms with Gasteiger partial charge in [0.2, 0.25) is 0 Å². The minimum Gasteiger partial charge on any atom is -0.395 e. The third-order valence-corrected chi connectivity index (χ3v) is 2.19. The van der Waals surface area contributed by atoms with Gasteiger partial charge in [0.1, 0.15) is 18.2 Å². The van der Waals surface area contributed by atoms with Gasteiger partial charge in [0.15, 0.2) is 0 Å². The van der Waals surface area contributed by atoms with Crippen LogP contribution in [0.3, 0.4) is 0 Å². The summed E-state index contributed by atoms with van der Waals surface area (Å²) in [6, 6.07) is 1.92. The Labute approximate surface area is 105 Å². The predicted octanol–water partition coefficient (Wildman–Crippen LogP) is 1.96. The minimum atomic E-state index is -4.68. The highest BCUT2D eigenvalue weighted by atomic mass is 19.4. The Morgan fingerprint density at radius 1 is 1.26 bits per heavy atom. The molecule has 0 aliphatic heterocycles. The standard InChI is InChI=1S/C11H10F5NO2/c12-7-1-2-8(9(13)5-7)10(19)17(3-4-18)6-11(14,15)16/h1-2,5,18H,3-4,6H2. The van der Waals surface area contributed by atoms with Crippen molar-refractivity contribution in [2.75, 3.05) is 19.7 Å². The molecule has 0 saturated carbocycles. The topological polar surface area (TPSA) is 40.5 Å². The Hall–Kier alpha value is -1.70. The number of hydrogen-bond donors (Lipinski definition) is 1. The summed E-state index contributed by atoms with van der Waals surface area (Å²) in [4.78, 5) is 11.9. The van der Waals surface area contributed by atoms with Gasteiger partial charge in [-0.15, -0.1) is 0 Å². The number of amides is 1. The molecule has 1 aromatic rings. The van der Waals surface area contributed by atoms with Crippen LogP contribution in [0, 0.1) is 11.6 Å². The van der Waals surface area contributed by atoms with E-state index in [1.807, 2.05) is 0 Å². The number of aliphatic hydroxyl groups excluding tert-OH is 1. The maximum Gasteiger partial charge on any atom is 0.406 e. The first-order chi connectivity index (χ1) is 8.74. The highest BCUT2D eigenvalue weighted by Gasteiger charge is 2.33. The molecule has 0 atom stereocenters. The molecule has 3 nitrogen and oxygen atoms in total. The molecule has 0 saturated heterocycles. The first kappa shape index (κ1) is 15.4. The predicted molar refractivity (Wildman–Crippen MR) is 55.4 cm³/mol. The van der Waals surface area contributed by atoms with Crippen molar-refractivity contribution in [2.24, 2.45) is 0 Å². The van der Waals surface area contributed by atoms with Gasteiger partial charge < -0.3 is 10.0 Å². The van der Waals surface area contributed by atoms with Crippen LogP contribution in [0.2, 0.25) is 0 Å². The van der Waals surface area contributed by atoms with Crippen LogP contribution >= 0.6 is 0 Å². The molecule has 0 aliphatic rings. The van der Waals surface area contributed by atoms with Crippen molar-refractivity contribution in [3.05, 3.63) is 35.4 Å². The fourth-order valence-corrected chi connectivity index (χ4v) is 1.42. The van der Waals surface area contributed by atoms with E-state index in [0.717, 1.165) is 12.1 Å². The lowest BCUT2D eigenvalue weighted by molar-refractivity contribution is -0.141. The van der Waals surface area contributed by atoms with E-state index in [-0.39, 0.29) is 4.90 Å². The highest BCUT2D eigenvalue weighted by Crippen LogP contribution is 2.19. The van der Waals surface area contributed by atoms with Crippen LogP contribution in [-0.2, 0) is 0 Å². The summed E-state index contributed by atoms with van der Waals surface area (Å²) in [7, 11) is 0. The molecule has 1 aromatic carbocycles. The first-order valence-electron chi connectivity index (χ1n) is 5.16. The van der Waals surface area contributed by atoms with Gasteiger partial charge in [-0.2, -0.15) is 13.2 Å². The molecule has 8 heteroatoms. The van der Waals surface area contributed by atoms with Gasteiger partial charge in [-0.3, -0.25) is 4.79 Å². The lowest BCUT2D eigenvalue weighted by atomic mass is 10.1. The molecule has 1 amide bonds. The Bertz CT molecular complexity index is 461. The summed E-state index contributed by atoms with van der Waals surface area (Å²) in [5, 5.41) is 8.63. The second-order valence-electron chi connectivity index (χ2n) is 3.69. The van der Waals surface area contributed by atoms with Crippen LogP contribution in [0.15, 0.2) is 18.2 Å². The van der Waals surface area contributed by atoms with Crippen molar-refractivity contribution in [3.8, 4) is 0 Å². The van der Waals surface area contributed by atoms with Crippen LogP contribution < -0.4 is 0 Å². The van der Waals surface area contributed by atoms with E-state index in [1.54, 1.807) is 0 Å². The number of carbonyl (C=O) groups excluding carboxylic acids is 1. The average Bonchev–Trinajstić information content (AvgIpc) is 2.26. The van der Waals surface area contributed by atoms with Crippen molar-refractivity contribution < 1.29 is 31.9 Å². The number of alkyl halides is 3. The fourth-order valence-electron chi connectivity index (χ4n) is 1.42. The van der Waals surface area contributed by atoms with Gasteiger partial charge >= 0.3 is 6.18 Å². The number of nitrogens with zero attached hydrogens (tertiary/aromatic N) is 1. The third kappa shape index (κ3) is 4.47. The van der Waals surface area contributed by atoms with Crippen LogP contribution in [0.4, 0.5) is 22.0 Å². The number of benzene rings is 1. The summed E-state index contributed by atoms with van der Waals surface area (Å²) < 4.78 is 62.7. The van der Waals surface area contributed by atoms with E-state index in [9.17, 15) is 26.7 Å². The van der Waals surface area contributed by atoms with E-state index < -0.39 is 49.0 Å². The minimum absolute atomic E-state index is 0.246. The van der Waals surface area contributed by atoms with E-state index in [0.29, 0.717) is 6.07 Å². The molecule has 1 N–H and O–H groups in total. The van der Waals surface area contributed by atoms with E-state index in [2.05, 4.69) is 0 Å². The molecule has 0 heterocycles. The Morgan fingerprint density at radius 3 is 2.37 bits per heavy atom. The molecular formula is C11H10F5NO2. The largest absolute Gasteiger partial charge is 0.406 e. The summed E-state index contributed by atoms with van der Waals surface area (Å²) in [6.07, 6.45) is -4.68. The van der Waals surface area contributed by atoms with Crippen LogP contribution in [0.25, 0.3) is 0 Å². The zero-order valence-electron chi connectivity index (χ0n) is 9.55. The lowest BCUT2D eigenvalue weighted by Crippen LogP contribution is -2.41. The molecule has 0 aliphatic carbocycles. The third-order valence-electron chi connectivity index (χ3n) is 2.19. The van der Waals surface area contributed by atoms with E-state index in [1.165, 1.54) is 0 Å².